The zero-order valence-corrected chi connectivity index (χ0v) is 13.2. The highest BCUT2D eigenvalue weighted by Crippen LogP contribution is 2.23. The topological polar surface area (TPSA) is 102 Å². The molecule has 1 aromatic carbocycles. The lowest BCUT2D eigenvalue weighted by atomic mass is 10.1. The van der Waals surface area contributed by atoms with Crippen molar-refractivity contribution in [2.75, 3.05) is 25.6 Å². The summed E-state index contributed by atoms with van der Waals surface area (Å²) in [6.45, 7) is 2.64. The van der Waals surface area contributed by atoms with Gasteiger partial charge >= 0.3 is 0 Å². The van der Waals surface area contributed by atoms with Crippen molar-refractivity contribution in [1.29, 1.82) is 0 Å². The number of likely N-dealkylation sites (tertiary alicyclic amines) is 1. The van der Waals surface area contributed by atoms with E-state index in [1.807, 2.05) is 6.92 Å². The molecule has 0 aliphatic carbocycles. The number of amides is 3. The molecule has 7 heteroatoms. The van der Waals surface area contributed by atoms with E-state index in [4.69, 9.17) is 10.5 Å². The number of nitrogens with zero attached hydrogens (tertiary/aromatic N) is 1. The van der Waals surface area contributed by atoms with E-state index >= 15 is 0 Å². The molecule has 0 saturated carbocycles. The first-order valence-electron chi connectivity index (χ1n) is 7.42. The molecule has 1 heterocycles. The third-order valence-electron chi connectivity index (χ3n) is 3.92. The van der Waals surface area contributed by atoms with E-state index in [0.29, 0.717) is 18.8 Å². The van der Waals surface area contributed by atoms with Crippen LogP contribution >= 0.6 is 0 Å². The zero-order chi connectivity index (χ0) is 17.0. The second kappa shape index (κ2) is 7.23. The first kappa shape index (κ1) is 17.0. The summed E-state index contributed by atoms with van der Waals surface area (Å²) in [5, 5.41) is 2.70. The summed E-state index contributed by atoms with van der Waals surface area (Å²) in [4.78, 5) is 37.5. The minimum Gasteiger partial charge on any atom is -0.383 e. The van der Waals surface area contributed by atoms with Crippen molar-refractivity contribution in [3.05, 3.63) is 29.8 Å². The van der Waals surface area contributed by atoms with Gasteiger partial charge in [-0.25, -0.2) is 0 Å². The highest BCUT2D eigenvalue weighted by atomic mass is 16.5. The number of methoxy groups -OCH3 is 1. The van der Waals surface area contributed by atoms with Crippen LogP contribution in [0.2, 0.25) is 0 Å². The fraction of sp³-hybridized carbons (Fsp3) is 0.438. The third kappa shape index (κ3) is 3.87. The summed E-state index contributed by atoms with van der Waals surface area (Å²) in [7, 11) is 1.57. The second-order valence-electron chi connectivity index (χ2n) is 5.65. The molecule has 7 nitrogen and oxygen atoms in total. The number of carbonyl (C=O) groups excluding carboxylic acids is 3. The highest BCUT2D eigenvalue weighted by Gasteiger charge is 2.36. The van der Waals surface area contributed by atoms with Crippen LogP contribution in [0.5, 0.6) is 0 Å². The number of ether oxygens (including phenoxy) is 1. The molecule has 0 aromatic heterocycles. The number of hydrogen-bond acceptors (Lipinski definition) is 4. The van der Waals surface area contributed by atoms with E-state index in [1.54, 1.807) is 36.3 Å². The Balaban J connectivity index is 2.05. The van der Waals surface area contributed by atoms with Crippen molar-refractivity contribution in [3.63, 3.8) is 0 Å². The molecule has 1 saturated heterocycles. The van der Waals surface area contributed by atoms with Crippen molar-refractivity contribution in [2.45, 2.75) is 19.4 Å². The lowest BCUT2D eigenvalue weighted by Crippen LogP contribution is -2.38. The van der Waals surface area contributed by atoms with Gasteiger partial charge in [0.1, 0.15) is 0 Å². The molecule has 3 N–H and O–H groups in total. The number of carbonyl (C=O) groups is 3. The molecule has 1 aliphatic rings. The van der Waals surface area contributed by atoms with Crippen LogP contribution in [0.4, 0.5) is 5.69 Å². The molecule has 1 aromatic rings. The molecule has 0 spiro atoms. The molecular formula is C16H21N3O4. The summed E-state index contributed by atoms with van der Waals surface area (Å²) in [6, 6.07) is 6.45. The van der Waals surface area contributed by atoms with Gasteiger partial charge in [-0.15, -0.1) is 0 Å². The van der Waals surface area contributed by atoms with Crippen LogP contribution in [0, 0.1) is 5.92 Å². The van der Waals surface area contributed by atoms with Crippen LogP contribution in [0.25, 0.3) is 0 Å². The zero-order valence-electron chi connectivity index (χ0n) is 13.2. The Hall–Kier alpha value is -2.41. The monoisotopic (exact) mass is 319 g/mol. The van der Waals surface area contributed by atoms with E-state index in [-0.39, 0.29) is 29.8 Å². The number of benzene rings is 1. The Bertz CT molecular complexity index is 617. The number of rotatable bonds is 6. The van der Waals surface area contributed by atoms with Crippen molar-refractivity contribution in [2.24, 2.45) is 11.7 Å². The van der Waals surface area contributed by atoms with Crippen LogP contribution in [0.1, 0.15) is 23.7 Å². The molecule has 3 amide bonds. The first-order chi connectivity index (χ1) is 10.9. The Morgan fingerprint density at radius 1 is 1.43 bits per heavy atom. The Morgan fingerprint density at radius 2 is 2.13 bits per heavy atom. The van der Waals surface area contributed by atoms with Gasteiger partial charge in [0.15, 0.2) is 0 Å². The summed E-state index contributed by atoms with van der Waals surface area (Å²) in [5.74, 6) is -1.43. The second-order valence-corrected chi connectivity index (χ2v) is 5.65. The lowest BCUT2D eigenvalue weighted by Gasteiger charge is -2.24. The Labute approximate surface area is 134 Å². The fourth-order valence-electron chi connectivity index (χ4n) is 2.71. The molecule has 0 unspecified atom stereocenters. The number of hydrogen-bond donors (Lipinski definition) is 2. The van der Waals surface area contributed by atoms with Gasteiger partial charge in [0.2, 0.25) is 11.8 Å². The molecule has 23 heavy (non-hydrogen) atoms. The maximum Gasteiger partial charge on any atom is 0.250 e. The van der Waals surface area contributed by atoms with Crippen LogP contribution in [0.3, 0.4) is 0 Å². The van der Waals surface area contributed by atoms with Crippen LogP contribution in [-0.2, 0) is 14.3 Å². The number of anilines is 1. The highest BCUT2D eigenvalue weighted by molar-refractivity contribution is 6.04. The molecule has 0 radical (unpaired) electrons. The third-order valence-corrected chi connectivity index (χ3v) is 3.92. The van der Waals surface area contributed by atoms with E-state index in [0.717, 1.165) is 0 Å². The normalized spacial score (nSPS) is 18.8. The van der Waals surface area contributed by atoms with Crippen molar-refractivity contribution in [1.82, 2.24) is 4.90 Å². The van der Waals surface area contributed by atoms with Crippen molar-refractivity contribution in [3.8, 4) is 0 Å². The predicted octanol–water partition coefficient (Wildman–Crippen LogP) is 0.607. The summed E-state index contributed by atoms with van der Waals surface area (Å²) in [6.07, 6.45) is 0.151. The van der Waals surface area contributed by atoms with Gasteiger partial charge in [0.25, 0.3) is 5.91 Å². The smallest absolute Gasteiger partial charge is 0.250 e. The van der Waals surface area contributed by atoms with Gasteiger partial charge in [0.05, 0.1) is 29.8 Å². The quantitative estimate of drug-likeness (QED) is 0.802. The number of nitrogens with two attached hydrogens (primary N) is 1. The van der Waals surface area contributed by atoms with Crippen LogP contribution in [-0.4, -0.2) is 48.9 Å². The van der Waals surface area contributed by atoms with Gasteiger partial charge in [-0.2, -0.15) is 0 Å². The van der Waals surface area contributed by atoms with Crippen LogP contribution < -0.4 is 11.1 Å². The average Bonchev–Trinajstić information content (AvgIpc) is 2.90. The van der Waals surface area contributed by atoms with Crippen LogP contribution in [0.15, 0.2) is 24.3 Å². The number of primary amides is 1. The van der Waals surface area contributed by atoms with E-state index in [9.17, 15) is 14.4 Å². The number of nitrogens with one attached hydrogen (secondary N) is 1. The standard InChI is InChI=1S/C16H21N3O4/c1-10(9-23-2)19-8-11(7-14(19)20)16(22)18-13-6-4-3-5-12(13)15(17)21/h3-6,10-11H,7-9H2,1-2H3,(H2,17,21)(H,18,22)/t10-,11-/m1/s1. The molecule has 124 valence electrons. The predicted molar refractivity (Wildman–Crippen MR) is 84.7 cm³/mol. The Morgan fingerprint density at radius 3 is 2.78 bits per heavy atom. The fourth-order valence-corrected chi connectivity index (χ4v) is 2.71. The summed E-state index contributed by atoms with van der Waals surface area (Å²) in [5.41, 5.74) is 5.90. The van der Waals surface area contributed by atoms with E-state index < -0.39 is 11.8 Å². The minimum absolute atomic E-state index is 0.0714. The molecule has 1 fully saturated rings. The maximum atomic E-state index is 12.4. The largest absolute Gasteiger partial charge is 0.383 e. The average molecular weight is 319 g/mol. The van der Waals surface area contributed by atoms with Gasteiger partial charge in [-0.3, -0.25) is 14.4 Å². The van der Waals surface area contributed by atoms with Crippen molar-refractivity contribution < 1.29 is 19.1 Å². The molecule has 2 atom stereocenters. The maximum absolute atomic E-state index is 12.4. The first-order valence-corrected chi connectivity index (χ1v) is 7.42. The molecule has 1 aliphatic heterocycles. The Kier molecular flexibility index (Phi) is 5.33. The van der Waals surface area contributed by atoms with Gasteiger partial charge in [0, 0.05) is 20.1 Å². The number of para-hydroxylation sites is 1. The summed E-state index contributed by atoms with van der Waals surface area (Å²) >= 11 is 0. The van der Waals surface area contributed by atoms with E-state index in [1.165, 1.54) is 0 Å². The van der Waals surface area contributed by atoms with E-state index in [2.05, 4.69) is 5.32 Å². The van der Waals surface area contributed by atoms with Gasteiger partial charge in [-0.05, 0) is 19.1 Å². The summed E-state index contributed by atoms with van der Waals surface area (Å²) < 4.78 is 5.05. The molecule has 2 rings (SSSR count). The van der Waals surface area contributed by atoms with Gasteiger partial charge in [-0.1, -0.05) is 12.1 Å². The van der Waals surface area contributed by atoms with Gasteiger partial charge < -0.3 is 20.7 Å². The lowest BCUT2D eigenvalue weighted by molar-refractivity contribution is -0.130. The minimum atomic E-state index is -0.612. The SMILES string of the molecule is COC[C@@H](C)N1C[C@H](C(=O)Nc2ccccc2C(N)=O)CC1=O. The molecule has 0 bridgehead atoms. The molecular weight excluding hydrogens is 298 g/mol. The van der Waals surface area contributed by atoms with Crippen molar-refractivity contribution >= 4 is 23.4 Å².